The fourth-order valence-corrected chi connectivity index (χ4v) is 2.35. The SMILES string of the molecule is COc1ccc(Br)c(CNC2CC(=O)N(C)C2=O)c1. The van der Waals surface area contributed by atoms with Crippen molar-refractivity contribution in [3.63, 3.8) is 0 Å². The summed E-state index contributed by atoms with van der Waals surface area (Å²) in [6.07, 6.45) is 0.219. The molecule has 2 amide bonds. The molecule has 0 aromatic heterocycles. The molecule has 0 spiro atoms. The zero-order valence-corrected chi connectivity index (χ0v) is 12.4. The van der Waals surface area contributed by atoms with E-state index in [2.05, 4.69) is 21.2 Å². The molecule has 1 unspecified atom stereocenters. The summed E-state index contributed by atoms with van der Waals surface area (Å²) in [5.41, 5.74) is 0.981. The quantitative estimate of drug-likeness (QED) is 0.847. The second-order valence-corrected chi connectivity index (χ2v) is 5.24. The maximum atomic E-state index is 11.8. The van der Waals surface area contributed by atoms with Crippen molar-refractivity contribution in [3.8, 4) is 5.75 Å². The largest absolute Gasteiger partial charge is 0.497 e. The number of benzene rings is 1. The summed E-state index contributed by atoms with van der Waals surface area (Å²) in [7, 11) is 3.11. The Morgan fingerprint density at radius 1 is 1.47 bits per heavy atom. The van der Waals surface area contributed by atoms with Crippen LogP contribution < -0.4 is 10.1 Å². The van der Waals surface area contributed by atoms with Gasteiger partial charge in [0.1, 0.15) is 5.75 Å². The second-order valence-electron chi connectivity index (χ2n) is 4.39. The highest BCUT2D eigenvalue weighted by atomic mass is 79.9. The fraction of sp³-hybridized carbons (Fsp3) is 0.385. The van der Waals surface area contributed by atoms with E-state index in [4.69, 9.17) is 4.74 Å². The van der Waals surface area contributed by atoms with Crippen molar-refractivity contribution in [2.45, 2.75) is 19.0 Å². The van der Waals surface area contributed by atoms with Crippen LogP contribution in [0.25, 0.3) is 0 Å². The van der Waals surface area contributed by atoms with Crippen molar-refractivity contribution in [2.75, 3.05) is 14.2 Å². The number of hydrogen-bond acceptors (Lipinski definition) is 4. The Hall–Kier alpha value is -1.40. The predicted octanol–water partition coefficient (Wildman–Crippen LogP) is 1.30. The van der Waals surface area contributed by atoms with E-state index in [-0.39, 0.29) is 18.2 Å². The van der Waals surface area contributed by atoms with Gasteiger partial charge < -0.3 is 10.1 Å². The van der Waals surface area contributed by atoms with Crippen molar-refractivity contribution < 1.29 is 14.3 Å². The summed E-state index contributed by atoms with van der Waals surface area (Å²) < 4.78 is 6.10. The molecule has 19 heavy (non-hydrogen) atoms. The van der Waals surface area contributed by atoms with E-state index in [9.17, 15) is 9.59 Å². The van der Waals surface area contributed by atoms with E-state index in [1.807, 2.05) is 18.2 Å². The Balaban J connectivity index is 2.03. The van der Waals surface area contributed by atoms with Crippen LogP contribution in [-0.2, 0) is 16.1 Å². The van der Waals surface area contributed by atoms with Crippen molar-refractivity contribution in [3.05, 3.63) is 28.2 Å². The molecular formula is C13H15BrN2O3. The van der Waals surface area contributed by atoms with E-state index in [1.54, 1.807) is 7.11 Å². The average molecular weight is 327 g/mol. The van der Waals surface area contributed by atoms with Crippen LogP contribution in [0.1, 0.15) is 12.0 Å². The van der Waals surface area contributed by atoms with Crippen molar-refractivity contribution in [1.29, 1.82) is 0 Å². The number of halogens is 1. The molecule has 0 bridgehead atoms. The number of hydrogen-bond donors (Lipinski definition) is 1. The van der Waals surface area contributed by atoms with E-state index >= 15 is 0 Å². The van der Waals surface area contributed by atoms with Crippen molar-refractivity contribution in [1.82, 2.24) is 10.2 Å². The average Bonchev–Trinajstić information content (AvgIpc) is 2.65. The summed E-state index contributed by atoms with van der Waals surface area (Å²) >= 11 is 3.45. The fourth-order valence-electron chi connectivity index (χ4n) is 1.96. The number of ether oxygens (including phenoxy) is 1. The van der Waals surface area contributed by atoms with Gasteiger partial charge in [-0.1, -0.05) is 15.9 Å². The third kappa shape index (κ3) is 2.96. The van der Waals surface area contributed by atoms with Gasteiger partial charge in [-0.2, -0.15) is 0 Å². The molecule has 0 saturated carbocycles. The first-order valence-corrected chi connectivity index (χ1v) is 6.68. The van der Waals surface area contributed by atoms with E-state index in [0.29, 0.717) is 6.54 Å². The molecule has 1 atom stereocenters. The number of nitrogens with zero attached hydrogens (tertiary/aromatic N) is 1. The first-order chi connectivity index (χ1) is 9.02. The molecule has 1 aliphatic rings. The molecule has 0 radical (unpaired) electrons. The number of amides is 2. The van der Waals surface area contributed by atoms with Gasteiger partial charge in [-0.25, -0.2) is 0 Å². The standard InChI is InChI=1S/C13H15BrN2O3/c1-16-12(17)6-11(13(16)18)15-7-8-5-9(19-2)3-4-10(8)14/h3-5,11,15H,6-7H2,1-2H3. The Labute approximate surface area is 120 Å². The summed E-state index contributed by atoms with van der Waals surface area (Å²) in [6, 6.07) is 5.20. The Morgan fingerprint density at radius 3 is 2.79 bits per heavy atom. The monoisotopic (exact) mass is 326 g/mol. The lowest BCUT2D eigenvalue weighted by Crippen LogP contribution is -2.36. The number of nitrogens with one attached hydrogen (secondary N) is 1. The minimum absolute atomic E-state index is 0.146. The number of likely N-dealkylation sites (N-methyl/N-ethyl adjacent to an activating group) is 1. The third-order valence-corrected chi connectivity index (χ3v) is 3.95. The van der Waals surface area contributed by atoms with Gasteiger partial charge in [-0.3, -0.25) is 14.5 Å². The smallest absolute Gasteiger partial charge is 0.246 e. The van der Waals surface area contributed by atoms with Gasteiger partial charge in [-0.15, -0.1) is 0 Å². The molecule has 1 aromatic carbocycles. The number of carbonyl (C=O) groups excluding carboxylic acids is 2. The zero-order valence-electron chi connectivity index (χ0n) is 10.8. The molecule has 1 N–H and O–H groups in total. The summed E-state index contributed by atoms with van der Waals surface area (Å²) in [5.74, 6) is 0.433. The molecule has 1 saturated heterocycles. The van der Waals surface area contributed by atoms with Gasteiger partial charge in [0.15, 0.2) is 0 Å². The van der Waals surface area contributed by atoms with E-state index < -0.39 is 6.04 Å². The first-order valence-electron chi connectivity index (χ1n) is 5.89. The number of methoxy groups -OCH3 is 1. The lowest BCUT2D eigenvalue weighted by Gasteiger charge is -2.12. The number of rotatable bonds is 4. The van der Waals surface area contributed by atoms with Gasteiger partial charge >= 0.3 is 0 Å². The van der Waals surface area contributed by atoms with Crippen LogP contribution in [0.2, 0.25) is 0 Å². The number of likely N-dealkylation sites (tertiary alicyclic amines) is 1. The molecule has 1 aliphatic heterocycles. The van der Waals surface area contributed by atoms with Gasteiger partial charge in [-0.05, 0) is 23.8 Å². The van der Waals surface area contributed by atoms with Crippen LogP contribution in [-0.4, -0.2) is 36.9 Å². The normalized spacial score (nSPS) is 19.1. The molecule has 0 aliphatic carbocycles. The highest BCUT2D eigenvalue weighted by molar-refractivity contribution is 9.10. The van der Waals surface area contributed by atoms with Crippen LogP contribution in [0.3, 0.4) is 0 Å². The van der Waals surface area contributed by atoms with Gasteiger partial charge in [0.2, 0.25) is 11.8 Å². The second kappa shape index (κ2) is 5.71. The van der Waals surface area contributed by atoms with Crippen LogP contribution in [0.15, 0.2) is 22.7 Å². The third-order valence-electron chi connectivity index (χ3n) is 3.17. The maximum Gasteiger partial charge on any atom is 0.246 e. The Morgan fingerprint density at radius 2 is 2.21 bits per heavy atom. The number of carbonyl (C=O) groups is 2. The molecular weight excluding hydrogens is 312 g/mol. The highest BCUT2D eigenvalue weighted by Crippen LogP contribution is 2.23. The van der Waals surface area contributed by atoms with E-state index in [1.165, 1.54) is 7.05 Å². The van der Waals surface area contributed by atoms with E-state index in [0.717, 1.165) is 20.7 Å². The van der Waals surface area contributed by atoms with Crippen LogP contribution >= 0.6 is 15.9 Å². The molecule has 1 heterocycles. The van der Waals surface area contributed by atoms with Gasteiger partial charge in [0, 0.05) is 18.1 Å². The Kier molecular flexibility index (Phi) is 4.21. The van der Waals surface area contributed by atoms with Crippen LogP contribution in [0.4, 0.5) is 0 Å². The summed E-state index contributed by atoms with van der Waals surface area (Å²) in [4.78, 5) is 24.3. The van der Waals surface area contributed by atoms with Crippen LogP contribution in [0.5, 0.6) is 5.75 Å². The van der Waals surface area contributed by atoms with Gasteiger partial charge in [0.25, 0.3) is 0 Å². The molecule has 102 valence electrons. The summed E-state index contributed by atoms with van der Waals surface area (Å²) in [5, 5.41) is 3.10. The highest BCUT2D eigenvalue weighted by Gasteiger charge is 2.35. The lowest BCUT2D eigenvalue weighted by atomic mass is 10.2. The van der Waals surface area contributed by atoms with Crippen molar-refractivity contribution >= 4 is 27.7 Å². The Bertz CT molecular complexity index is 519. The minimum atomic E-state index is -0.435. The first kappa shape index (κ1) is 14.0. The molecule has 2 rings (SSSR count). The summed E-state index contributed by atoms with van der Waals surface area (Å²) in [6.45, 7) is 0.495. The van der Waals surface area contributed by atoms with Crippen LogP contribution in [0, 0.1) is 0 Å². The maximum absolute atomic E-state index is 11.8. The molecule has 5 nitrogen and oxygen atoms in total. The lowest BCUT2D eigenvalue weighted by molar-refractivity contribution is -0.137. The molecule has 1 aromatic rings. The zero-order chi connectivity index (χ0) is 14.0. The van der Waals surface area contributed by atoms with Gasteiger partial charge in [0.05, 0.1) is 19.6 Å². The topological polar surface area (TPSA) is 58.6 Å². The number of imide groups is 1. The van der Waals surface area contributed by atoms with Crippen molar-refractivity contribution in [2.24, 2.45) is 0 Å². The molecule has 6 heteroatoms. The minimum Gasteiger partial charge on any atom is -0.497 e. The predicted molar refractivity (Wildman–Crippen MR) is 73.7 cm³/mol. The molecule has 1 fully saturated rings.